The summed E-state index contributed by atoms with van der Waals surface area (Å²) in [4.78, 5) is 23.6. The van der Waals surface area contributed by atoms with Crippen molar-refractivity contribution in [1.82, 2.24) is 4.72 Å². The number of nitrogens with zero attached hydrogens (tertiary/aromatic N) is 1. The van der Waals surface area contributed by atoms with Crippen LogP contribution < -0.4 is 10.0 Å². The van der Waals surface area contributed by atoms with E-state index in [1.807, 2.05) is 6.07 Å². The van der Waals surface area contributed by atoms with Crippen molar-refractivity contribution in [2.24, 2.45) is 0 Å². The molecule has 0 saturated carbocycles. The van der Waals surface area contributed by atoms with Gasteiger partial charge in [-0.1, -0.05) is 48.0 Å². The zero-order valence-corrected chi connectivity index (χ0v) is 18.6. The molecule has 0 fully saturated rings. The van der Waals surface area contributed by atoms with Gasteiger partial charge in [-0.3, -0.25) is 14.9 Å². The van der Waals surface area contributed by atoms with Crippen LogP contribution in [0.1, 0.15) is 11.1 Å². The second kappa shape index (κ2) is 9.90. The molecule has 3 aromatic carbocycles. The van der Waals surface area contributed by atoms with Crippen LogP contribution in [0.5, 0.6) is 0 Å². The number of benzene rings is 3. The van der Waals surface area contributed by atoms with Crippen molar-refractivity contribution in [3.05, 3.63) is 99.1 Å². The SMILES string of the molecule is Cc1ccc([N+](=O)[O-])cc1NC(=O)[C@@H](Cc1ccccc1)NS(=O)(=O)c1ccc(Cl)cc1. The van der Waals surface area contributed by atoms with Crippen LogP contribution in [0.4, 0.5) is 11.4 Å². The average Bonchev–Trinajstić information content (AvgIpc) is 2.75. The summed E-state index contributed by atoms with van der Waals surface area (Å²) in [5, 5.41) is 14.1. The van der Waals surface area contributed by atoms with Gasteiger partial charge in [0.2, 0.25) is 15.9 Å². The van der Waals surface area contributed by atoms with Gasteiger partial charge in [0.1, 0.15) is 6.04 Å². The summed E-state index contributed by atoms with van der Waals surface area (Å²) in [5.74, 6) is -0.644. The molecule has 32 heavy (non-hydrogen) atoms. The Morgan fingerprint density at radius 2 is 1.72 bits per heavy atom. The number of carbonyl (C=O) groups is 1. The molecule has 0 saturated heterocycles. The Balaban J connectivity index is 1.90. The van der Waals surface area contributed by atoms with Crippen LogP contribution in [0, 0.1) is 17.0 Å². The fraction of sp³-hybridized carbons (Fsp3) is 0.136. The molecule has 0 spiro atoms. The maximum absolute atomic E-state index is 13.1. The van der Waals surface area contributed by atoms with Crippen LogP contribution in [-0.2, 0) is 21.2 Å². The lowest BCUT2D eigenvalue weighted by Crippen LogP contribution is -2.45. The third-order valence-corrected chi connectivity index (χ3v) is 6.45. The Bertz CT molecular complexity index is 1230. The highest BCUT2D eigenvalue weighted by molar-refractivity contribution is 7.89. The van der Waals surface area contributed by atoms with Gasteiger partial charge in [-0.15, -0.1) is 0 Å². The van der Waals surface area contributed by atoms with E-state index in [0.29, 0.717) is 10.6 Å². The van der Waals surface area contributed by atoms with E-state index in [0.717, 1.165) is 5.56 Å². The predicted octanol–water partition coefficient (Wildman–Crippen LogP) is 4.08. The van der Waals surface area contributed by atoms with Crippen molar-refractivity contribution in [3.63, 3.8) is 0 Å². The molecule has 0 aliphatic heterocycles. The van der Waals surface area contributed by atoms with Crippen LogP contribution in [0.25, 0.3) is 0 Å². The molecule has 1 amide bonds. The summed E-state index contributed by atoms with van der Waals surface area (Å²) in [5.41, 5.74) is 1.38. The first-order valence-electron chi connectivity index (χ1n) is 9.53. The van der Waals surface area contributed by atoms with Crippen molar-refractivity contribution in [2.45, 2.75) is 24.3 Å². The van der Waals surface area contributed by atoms with E-state index in [1.165, 1.54) is 42.5 Å². The first-order valence-corrected chi connectivity index (χ1v) is 11.4. The van der Waals surface area contributed by atoms with Crippen molar-refractivity contribution < 1.29 is 18.1 Å². The number of non-ortho nitro benzene ring substituents is 1. The second-order valence-corrected chi connectivity index (χ2v) is 9.21. The van der Waals surface area contributed by atoms with Crippen LogP contribution in [0.2, 0.25) is 5.02 Å². The zero-order chi connectivity index (χ0) is 23.3. The van der Waals surface area contributed by atoms with E-state index < -0.39 is 26.9 Å². The summed E-state index contributed by atoms with van der Waals surface area (Å²) >= 11 is 5.84. The molecule has 0 unspecified atom stereocenters. The average molecular weight is 474 g/mol. The summed E-state index contributed by atoms with van der Waals surface area (Å²) in [7, 11) is -4.04. The Morgan fingerprint density at radius 1 is 1.06 bits per heavy atom. The van der Waals surface area contributed by atoms with E-state index in [4.69, 9.17) is 11.6 Å². The van der Waals surface area contributed by atoms with Crippen LogP contribution in [0.3, 0.4) is 0 Å². The third-order valence-electron chi connectivity index (χ3n) is 4.71. The molecule has 3 aromatic rings. The molecule has 0 radical (unpaired) electrons. The standard InChI is InChI=1S/C22H20ClN3O5S/c1-15-7-10-18(26(28)29)14-20(15)24-22(27)21(13-16-5-3-2-4-6-16)25-32(30,31)19-11-8-17(23)9-12-19/h2-12,14,21,25H,13H2,1H3,(H,24,27)/t21-/m1/s1. The first kappa shape index (κ1) is 23.4. The minimum Gasteiger partial charge on any atom is -0.324 e. The molecular weight excluding hydrogens is 454 g/mol. The number of carbonyl (C=O) groups excluding carboxylic acids is 1. The second-order valence-electron chi connectivity index (χ2n) is 7.06. The van der Waals surface area contributed by atoms with Crippen molar-refractivity contribution in [2.75, 3.05) is 5.32 Å². The van der Waals surface area contributed by atoms with Gasteiger partial charge in [-0.05, 0) is 48.7 Å². The van der Waals surface area contributed by atoms with Gasteiger partial charge in [0, 0.05) is 17.2 Å². The van der Waals surface area contributed by atoms with Gasteiger partial charge in [-0.25, -0.2) is 8.42 Å². The third kappa shape index (κ3) is 5.91. The van der Waals surface area contributed by atoms with E-state index in [-0.39, 0.29) is 22.7 Å². The number of anilines is 1. The number of amides is 1. The van der Waals surface area contributed by atoms with Crippen molar-refractivity contribution in [1.29, 1.82) is 0 Å². The van der Waals surface area contributed by atoms with Gasteiger partial charge < -0.3 is 5.32 Å². The summed E-state index contributed by atoms with van der Waals surface area (Å²) in [6, 6.07) is 17.4. The Kier molecular flexibility index (Phi) is 7.24. The smallest absolute Gasteiger partial charge is 0.271 e. The maximum Gasteiger partial charge on any atom is 0.271 e. The van der Waals surface area contributed by atoms with Gasteiger partial charge in [0.25, 0.3) is 5.69 Å². The lowest BCUT2D eigenvalue weighted by molar-refractivity contribution is -0.384. The van der Waals surface area contributed by atoms with Crippen LogP contribution in [0.15, 0.2) is 77.7 Å². The normalized spacial score (nSPS) is 12.2. The molecule has 0 aromatic heterocycles. The number of nitrogens with one attached hydrogen (secondary N) is 2. The molecular formula is C22H20ClN3O5S. The molecule has 2 N–H and O–H groups in total. The van der Waals surface area contributed by atoms with E-state index in [9.17, 15) is 23.3 Å². The largest absolute Gasteiger partial charge is 0.324 e. The van der Waals surface area contributed by atoms with Gasteiger partial charge in [-0.2, -0.15) is 4.72 Å². The molecule has 8 nitrogen and oxygen atoms in total. The molecule has 1 atom stereocenters. The van der Waals surface area contributed by atoms with E-state index in [1.54, 1.807) is 31.2 Å². The molecule has 166 valence electrons. The molecule has 10 heteroatoms. The van der Waals surface area contributed by atoms with Crippen molar-refractivity contribution in [3.8, 4) is 0 Å². The van der Waals surface area contributed by atoms with Crippen molar-refractivity contribution >= 4 is 38.9 Å². The fourth-order valence-corrected chi connectivity index (χ4v) is 4.31. The van der Waals surface area contributed by atoms with E-state index in [2.05, 4.69) is 10.0 Å². The summed E-state index contributed by atoms with van der Waals surface area (Å²) in [6.07, 6.45) is 0.0769. The number of halogens is 1. The fourth-order valence-electron chi connectivity index (χ4n) is 2.98. The number of rotatable bonds is 8. The number of sulfonamides is 1. The minimum absolute atomic E-state index is 0.0423. The van der Waals surface area contributed by atoms with Gasteiger partial charge in [0.05, 0.1) is 15.5 Å². The molecule has 0 aliphatic carbocycles. The molecule has 0 heterocycles. The monoisotopic (exact) mass is 473 g/mol. The highest BCUT2D eigenvalue weighted by Crippen LogP contribution is 2.23. The highest BCUT2D eigenvalue weighted by atomic mass is 35.5. The van der Waals surface area contributed by atoms with Gasteiger partial charge >= 0.3 is 0 Å². The Labute approximate surface area is 190 Å². The van der Waals surface area contributed by atoms with Gasteiger partial charge in [0.15, 0.2) is 0 Å². The Morgan fingerprint density at radius 3 is 2.34 bits per heavy atom. The maximum atomic E-state index is 13.1. The number of hydrogen-bond donors (Lipinski definition) is 2. The first-order chi connectivity index (χ1) is 15.2. The lowest BCUT2D eigenvalue weighted by atomic mass is 10.1. The number of aryl methyl sites for hydroxylation is 1. The topological polar surface area (TPSA) is 118 Å². The number of hydrogen-bond acceptors (Lipinski definition) is 5. The minimum atomic E-state index is -4.04. The highest BCUT2D eigenvalue weighted by Gasteiger charge is 2.27. The zero-order valence-electron chi connectivity index (χ0n) is 17.0. The number of nitro benzene ring substituents is 1. The lowest BCUT2D eigenvalue weighted by Gasteiger charge is -2.19. The summed E-state index contributed by atoms with van der Waals surface area (Å²) < 4.78 is 28.2. The Hall–Kier alpha value is -3.27. The van der Waals surface area contributed by atoms with Crippen LogP contribution >= 0.6 is 11.6 Å². The quantitative estimate of drug-likeness (QED) is 0.377. The number of nitro groups is 1. The summed E-state index contributed by atoms with van der Waals surface area (Å²) in [6.45, 7) is 1.68. The van der Waals surface area contributed by atoms with E-state index >= 15 is 0 Å². The predicted molar refractivity (Wildman–Crippen MR) is 122 cm³/mol. The molecule has 0 aliphatic rings. The molecule has 3 rings (SSSR count). The van der Waals surface area contributed by atoms with Crippen LogP contribution in [-0.4, -0.2) is 25.3 Å². The molecule has 0 bridgehead atoms.